The molecule has 0 spiro atoms. The predicted molar refractivity (Wildman–Crippen MR) is 97.2 cm³/mol. The number of urea groups is 1. The fourth-order valence-corrected chi connectivity index (χ4v) is 3.50. The molecule has 2 aromatic rings. The average Bonchev–Trinajstić information content (AvgIpc) is 3.06. The molecule has 1 fully saturated rings. The highest BCUT2D eigenvalue weighted by atomic mass is 16.2. The van der Waals surface area contributed by atoms with Crippen LogP contribution in [0.25, 0.3) is 0 Å². The second-order valence-corrected chi connectivity index (χ2v) is 7.36. The Balaban J connectivity index is 1.68. The van der Waals surface area contributed by atoms with Crippen LogP contribution in [-0.2, 0) is 12.5 Å². The summed E-state index contributed by atoms with van der Waals surface area (Å²) in [5.74, 6) is 0. The lowest BCUT2D eigenvalue weighted by molar-refractivity contribution is 0.146. The Morgan fingerprint density at radius 3 is 2.68 bits per heavy atom. The van der Waals surface area contributed by atoms with Gasteiger partial charge in [-0.25, -0.2) is 4.79 Å². The molecule has 3 heterocycles. The molecular weight excluding hydrogens is 314 g/mol. The maximum atomic E-state index is 12.9. The van der Waals surface area contributed by atoms with Gasteiger partial charge in [0.25, 0.3) is 0 Å². The number of aryl methyl sites for hydroxylation is 1. The van der Waals surface area contributed by atoms with E-state index in [4.69, 9.17) is 0 Å². The Bertz CT molecular complexity index is 710. The van der Waals surface area contributed by atoms with Crippen LogP contribution >= 0.6 is 0 Å². The number of nitrogens with zero attached hydrogens (tertiary/aromatic N) is 4. The number of amides is 2. The summed E-state index contributed by atoms with van der Waals surface area (Å²) < 4.78 is 1.87. The van der Waals surface area contributed by atoms with Crippen molar-refractivity contribution in [2.45, 2.75) is 44.6 Å². The van der Waals surface area contributed by atoms with Gasteiger partial charge in [-0.1, -0.05) is 13.8 Å². The molecule has 1 saturated heterocycles. The predicted octanol–water partition coefficient (Wildman–Crippen LogP) is 3.03. The van der Waals surface area contributed by atoms with E-state index in [1.54, 1.807) is 18.6 Å². The highest BCUT2D eigenvalue weighted by Crippen LogP contribution is 2.30. The van der Waals surface area contributed by atoms with E-state index in [0.717, 1.165) is 31.5 Å². The number of piperidine rings is 1. The number of carbonyl (C=O) groups is 1. The smallest absolute Gasteiger partial charge is 0.317 e. The van der Waals surface area contributed by atoms with Gasteiger partial charge in [-0.3, -0.25) is 9.67 Å². The normalized spacial score (nSPS) is 18.2. The van der Waals surface area contributed by atoms with Gasteiger partial charge in [-0.05, 0) is 43.0 Å². The highest BCUT2D eigenvalue weighted by molar-refractivity contribution is 5.75. The van der Waals surface area contributed by atoms with Crippen molar-refractivity contribution >= 4 is 6.03 Å². The van der Waals surface area contributed by atoms with Gasteiger partial charge in [-0.15, -0.1) is 0 Å². The summed E-state index contributed by atoms with van der Waals surface area (Å²) in [5, 5.41) is 7.40. The Labute approximate surface area is 149 Å². The van der Waals surface area contributed by atoms with E-state index in [-0.39, 0.29) is 17.5 Å². The molecule has 0 saturated carbocycles. The minimum Gasteiger partial charge on any atom is -0.337 e. The molecule has 3 rings (SSSR count). The lowest BCUT2D eigenvalue weighted by Crippen LogP contribution is -2.48. The van der Waals surface area contributed by atoms with E-state index < -0.39 is 0 Å². The van der Waals surface area contributed by atoms with E-state index in [9.17, 15) is 4.79 Å². The second kappa shape index (κ2) is 7.25. The third-order valence-corrected chi connectivity index (χ3v) is 5.11. The summed E-state index contributed by atoms with van der Waals surface area (Å²) in [7, 11) is 1.94. The number of carbonyl (C=O) groups excluding carboxylic acids is 1. The number of pyridine rings is 1. The first-order valence-corrected chi connectivity index (χ1v) is 8.92. The van der Waals surface area contributed by atoms with Crippen molar-refractivity contribution < 1.29 is 4.79 Å². The molecule has 1 N–H and O–H groups in total. The molecular formula is C19H27N5O. The molecule has 6 heteroatoms. The van der Waals surface area contributed by atoms with E-state index >= 15 is 0 Å². The minimum atomic E-state index is -0.142. The standard InChI is InChI=1S/C19H27N5O/c1-19(2,15-7-10-20-11-8-15)14-21-18(25)24-13-5-4-6-17(24)16-9-12-22-23(16)3/h7-12,17H,4-6,13-14H2,1-3H3,(H,21,25)/t17-/m1/s1. The first-order valence-electron chi connectivity index (χ1n) is 8.92. The molecule has 0 radical (unpaired) electrons. The molecule has 1 atom stereocenters. The van der Waals surface area contributed by atoms with Gasteiger partial charge in [0.1, 0.15) is 0 Å². The van der Waals surface area contributed by atoms with Gasteiger partial charge in [-0.2, -0.15) is 5.10 Å². The number of nitrogens with one attached hydrogen (secondary N) is 1. The van der Waals surface area contributed by atoms with Crippen LogP contribution in [0.2, 0.25) is 0 Å². The van der Waals surface area contributed by atoms with E-state index in [2.05, 4.69) is 29.2 Å². The average molecular weight is 341 g/mol. The van der Waals surface area contributed by atoms with Crippen molar-refractivity contribution in [3.05, 3.63) is 48.0 Å². The molecule has 6 nitrogen and oxygen atoms in total. The SMILES string of the molecule is Cn1nccc1[C@H]1CCCCN1C(=O)NCC(C)(C)c1ccncc1. The van der Waals surface area contributed by atoms with Crippen LogP contribution in [0.1, 0.15) is 50.4 Å². The molecule has 134 valence electrons. The topological polar surface area (TPSA) is 63.1 Å². The third-order valence-electron chi connectivity index (χ3n) is 5.11. The van der Waals surface area contributed by atoms with Gasteiger partial charge in [0.15, 0.2) is 0 Å². The van der Waals surface area contributed by atoms with Crippen LogP contribution in [0.15, 0.2) is 36.8 Å². The molecule has 0 bridgehead atoms. The first-order chi connectivity index (χ1) is 12.0. The zero-order chi connectivity index (χ0) is 17.9. The zero-order valence-electron chi connectivity index (χ0n) is 15.3. The largest absolute Gasteiger partial charge is 0.337 e. The fraction of sp³-hybridized carbons (Fsp3) is 0.526. The van der Waals surface area contributed by atoms with Gasteiger partial charge >= 0.3 is 6.03 Å². The molecule has 2 amide bonds. The molecule has 0 aliphatic carbocycles. The van der Waals surface area contributed by atoms with Crippen molar-refractivity contribution in [2.75, 3.05) is 13.1 Å². The van der Waals surface area contributed by atoms with Gasteiger partial charge < -0.3 is 10.2 Å². The van der Waals surface area contributed by atoms with Crippen molar-refractivity contribution in [2.24, 2.45) is 7.05 Å². The first kappa shape index (κ1) is 17.5. The third kappa shape index (κ3) is 3.83. The van der Waals surface area contributed by atoms with Gasteiger partial charge in [0.2, 0.25) is 0 Å². The Morgan fingerprint density at radius 1 is 1.24 bits per heavy atom. The molecule has 0 aromatic carbocycles. The van der Waals surface area contributed by atoms with Gasteiger partial charge in [0.05, 0.1) is 11.7 Å². The Hall–Kier alpha value is -2.37. The van der Waals surface area contributed by atoms with Crippen LogP contribution in [0.5, 0.6) is 0 Å². The summed E-state index contributed by atoms with van der Waals surface area (Å²) in [6.07, 6.45) is 8.56. The maximum absolute atomic E-state index is 12.9. The lowest BCUT2D eigenvalue weighted by Gasteiger charge is -2.36. The zero-order valence-corrected chi connectivity index (χ0v) is 15.3. The fourth-order valence-electron chi connectivity index (χ4n) is 3.50. The van der Waals surface area contributed by atoms with Crippen LogP contribution in [0.3, 0.4) is 0 Å². The van der Waals surface area contributed by atoms with Crippen LogP contribution in [0.4, 0.5) is 4.79 Å². The number of likely N-dealkylation sites (tertiary alicyclic amines) is 1. The maximum Gasteiger partial charge on any atom is 0.317 e. The molecule has 1 aliphatic rings. The quantitative estimate of drug-likeness (QED) is 0.930. The Kier molecular flexibility index (Phi) is 5.06. The minimum absolute atomic E-state index is 0.00744. The number of hydrogen-bond acceptors (Lipinski definition) is 3. The van der Waals surface area contributed by atoms with Gasteiger partial charge in [0, 0.05) is 44.1 Å². The van der Waals surface area contributed by atoms with Crippen LogP contribution in [-0.4, -0.2) is 38.8 Å². The molecule has 2 aromatic heterocycles. The van der Waals surface area contributed by atoms with Crippen molar-refractivity contribution in [3.8, 4) is 0 Å². The number of aromatic nitrogens is 3. The highest BCUT2D eigenvalue weighted by Gasteiger charge is 2.31. The summed E-state index contributed by atoms with van der Waals surface area (Å²) in [6, 6.07) is 6.13. The summed E-state index contributed by atoms with van der Waals surface area (Å²) in [4.78, 5) is 18.9. The Morgan fingerprint density at radius 2 is 2.00 bits per heavy atom. The molecule has 1 aliphatic heterocycles. The number of rotatable bonds is 4. The van der Waals surface area contributed by atoms with Crippen molar-refractivity contribution in [1.82, 2.24) is 25.0 Å². The molecule has 25 heavy (non-hydrogen) atoms. The summed E-state index contributed by atoms with van der Waals surface area (Å²) in [5.41, 5.74) is 2.13. The van der Waals surface area contributed by atoms with Crippen molar-refractivity contribution in [3.63, 3.8) is 0 Å². The van der Waals surface area contributed by atoms with E-state index in [1.165, 1.54) is 5.56 Å². The van der Waals surface area contributed by atoms with Crippen LogP contribution < -0.4 is 5.32 Å². The van der Waals surface area contributed by atoms with Crippen LogP contribution in [0, 0.1) is 0 Å². The monoisotopic (exact) mass is 341 g/mol. The van der Waals surface area contributed by atoms with Crippen molar-refractivity contribution in [1.29, 1.82) is 0 Å². The number of hydrogen-bond donors (Lipinski definition) is 1. The molecule has 0 unspecified atom stereocenters. The van der Waals surface area contributed by atoms with E-state index in [0.29, 0.717) is 6.54 Å². The summed E-state index contributed by atoms with van der Waals surface area (Å²) >= 11 is 0. The summed E-state index contributed by atoms with van der Waals surface area (Å²) in [6.45, 7) is 5.65. The lowest BCUT2D eigenvalue weighted by atomic mass is 9.85. The second-order valence-electron chi connectivity index (χ2n) is 7.36. The van der Waals surface area contributed by atoms with E-state index in [1.807, 2.05) is 34.8 Å².